The van der Waals surface area contributed by atoms with E-state index < -0.39 is 18.4 Å². The number of aryl methyl sites for hydroxylation is 1. The van der Waals surface area contributed by atoms with Crippen molar-refractivity contribution in [1.29, 1.82) is 0 Å². The summed E-state index contributed by atoms with van der Waals surface area (Å²) in [6, 6.07) is 5.58. The van der Waals surface area contributed by atoms with Gasteiger partial charge in [0.15, 0.2) is 5.69 Å². The maximum absolute atomic E-state index is 12.0. The zero-order valence-electron chi connectivity index (χ0n) is 10.0. The minimum absolute atomic E-state index is 0.230. The van der Waals surface area contributed by atoms with Gasteiger partial charge in [-0.05, 0) is 6.07 Å². The molecule has 0 spiro atoms. The average Bonchev–Trinajstić information content (AvgIpc) is 2.57. The number of carbonyl (C=O) groups excluding carboxylic acids is 2. The molecule has 0 radical (unpaired) electrons. The second-order valence-corrected chi connectivity index (χ2v) is 5.60. The molecule has 1 N–H and O–H groups in total. The van der Waals surface area contributed by atoms with Crippen molar-refractivity contribution in [1.82, 2.24) is 4.90 Å². The summed E-state index contributed by atoms with van der Waals surface area (Å²) in [5, 5.41) is 10.6. The fourth-order valence-electron chi connectivity index (χ4n) is 1.60. The first-order valence-corrected chi connectivity index (χ1v) is 6.64. The van der Waals surface area contributed by atoms with E-state index in [-0.39, 0.29) is 4.32 Å². The summed E-state index contributed by atoms with van der Waals surface area (Å²) in [7, 11) is 0. The minimum Gasteiger partial charge on any atom is -0.548 e. The lowest BCUT2D eigenvalue weighted by molar-refractivity contribution is -0.390. The standard InChI is InChI=1S/C12H10N2O3S2/c1-7-3-2-4-8(13-7)5-9-11(17)14(6-10(15)16)12(18)19-9/h2-5H,6H2,1H3,(H,15,16)/b9-5-. The lowest BCUT2D eigenvalue weighted by Gasteiger charge is -2.14. The number of carbonyl (C=O) groups is 2. The van der Waals surface area contributed by atoms with Crippen molar-refractivity contribution in [2.24, 2.45) is 0 Å². The summed E-state index contributed by atoms with van der Waals surface area (Å²) < 4.78 is 0.230. The lowest BCUT2D eigenvalue weighted by Crippen LogP contribution is -2.40. The topological polar surface area (TPSA) is 74.6 Å². The molecule has 0 unspecified atom stereocenters. The number of nitrogens with one attached hydrogen (secondary N) is 1. The first kappa shape index (κ1) is 13.7. The predicted octanol–water partition coefficient (Wildman–Crippen LogP) is -0.240. The second-order valence-electron chi connectivity index (χ2n) is 3.93. The highest BCUT2D eigenvalue weighted by Crippen LogP contribution is 2.31. The number of amides is 1. The Bertz CT molecular complexity index is 598. The largest absolute Gasteiger partial charge is 0.548 e. The monoisotopic (exact) mass is 294 g/mol. The summed E-state index contributed by atoms with van der Waals surface area (Å²) in [4.78, 5) is 27.1. The Morgan fingerprint density at radius 3 is 2.95 bits per heavy atom. The molecule has 5 nitrogen and oxygen atoms in total. The van der Waals surface area contributed by atoms with Crippen molar-refractivity contribution < 1.29 is 19.7 Å². The molecule has 0 saturated carbocycles. The van der Waals surface area contributed by atoms with E-state index in [9.17, 15) is 14.7 Å². The van der Waals surface area contributed by atoms with Crippen LogP contribution in [0.3, 0.4) is 0 Å². The van der Waals surface area contributed by atoms with Gasteiger partial charge in [0.05, 0.1) is 17.4 Å². The molecule has 1 aliphatic heterocycles. The number of H-pyrrole nitrogens is 1. The predicted molar refractivity (Wildman–Crippen MR) is 72.6 cm³/mol. The van der Waals surface area contributed by atoms with Crippen LogP contribution in [0.1, 0.15) is 11.4 Å². The Balaban J connectivity index is 2.25. The normalized spacial score (nSPS) is 17.3. The van der Waals surface area contributed by atoms with E-state index in [0.717, 1.165) is 28.0 Å². The number of aliphatic carboxylic acids is 1. The average molecular weight is 294 g/mol. The second kappa shape index (κ2) is 5.50. The molecule has 0 aliphatic carbocycles. The number of aromatic amines is 1. The molecule has 1 aliphatic rings. The number of thioether (sulfide) groups is 1. The molecule has 19 heavy (non-hydrogen) atoms. The van der Waals surface area contributed by atoms with Crippen LogP contribution in [-0.4, -0.2) is 27.6 Å². The number of pyridine rings is 1. The highest BCUT2D eigenvalue weighted by molar-refractivity contribution is 8.26. The smallest absolute Gasteiger partial charge is 0.266 e. The molecule has 1 saturated heterocycles. The fraction of sp³-hybridized carbons (Fsp3) is 0.167. The minimum atomic E-state index is -1.33. The van der Waals surface area contributed by atoms with Crippen LogP contribution in [0, 0.1) is 6.92 Å². The molecule has 0 atom stereocenters. The molecule has 2 heterocycles. The lowest BCUT2D eigenvalue weighted by atomic mass is 10.3. The Morgan fingerprint density at radius 2 is 2.32 bits per heavy atom. The number of hydrogen-bond acceptors (Lipinski definition) is 5. The van der Waals surface area contributed by atoms with Gasteiger partial charge in [-0.2, -0.15) is 0 Å². The molecule has 0 bridgehead atoms. The molecule has 1 amide bonds. The van der Waals surface area contributed by atoms with Gasteiger partial charge in [-0.1, -0.05) is 24.0 Å². The Labute approximate surface area is 119 Å². The van der Waals surface area contributed by atoms with Crippen LogP contribution in [0.4, 0.5) is 0 Å². The van der Waals surface area contributed by atoms with E-state index in [2.05, 4.69) is 4.98 Å². The van der Waals surface area contributed by atoms with Crippen molar-refractivity contribution >= 4 is 46.3 Å². The van der Waals surface area contributed by atoms with Gasteiger partial charge in [0.2, 0.25) is 5.69 Å². The van der Waals surface area contributed by atoms with Crippen LogP contribution in [0.15, 0.2) is 23.1 Å². The van der Waals surface area contributed by atoms with Crippen LogP contribution in [-0.2, 0) is 9.59 Å². The molecular weight excluding hydrogens is 284 g/mol. The summed E-state index contributed by atoms with van der Waals surface area (Å²) in [6.07, 6.45) is 1.65. The first-order valence-electron chi connectivity index (χ1n) is 5.41. The van der Waals surface area contributed by atoms with Crippen LogP contribution >= 0.6 is 24.0 Å². The van der Waals surface area contributed by atoms with Gasteiger partial charge in [0.1, 0.15) is 4.32 Å². The summed E-state index contributed by atoms with van der Waals surface area (Å²) in [5.74, 6) is -1.74. The maximum Gasteiger partial charge on any atom is 0.266 e. The SMILES string of the molecule is Cc1cccc(/C=C2\SC(=S)N(CC(=O)[O-])C2=O)[nH+]1. The number of thiocarbonyl (C=S) groups is 1. The third-order valence-corrected chi connectivity index (χ3v) is 3.79. The summed E-state index contributed by atoms with van der Waals surface area (Å²) >= 11 is 6.06. The highest BCUT2D eigenvalue weighted by Gasteiger charge is 2.32. The molecule has 2 rings (SSSR count). The molecule has 0 aromatic carbocycles. The number of nitrogens with zero attached hydrogens (tertiary/aromatic N) is 1. The van der Waals surface area contributed by atoms with E-state index in [0.29, 0.717) is 4.91 Å². The first-order chi connectivity index (χ1) is 8.97. The molecular formula is C12H10N2O3S2. The maximum atomic E-state index is 12.0. The summed E-state index contributed by atoms with van der Waals surface area (Å²) in [6.45, 7) is 1.39. The van der Waals surface area contributed by atoms with Gasteiger partial charge in [-0.15, -0.1) is 0 Å². The van der Waals surface area contributed by atoms with Gasteiger partial charge in [0.25, 0.3) is 5.91 Å². The number of aromatic nitrogens is 1. The van der Waals surface area contributed by atoms with Gasteiger partial charge >= 0.3 is 0 Å². The van der Waals surface area contributed by atoms with Crippen LogP contribution in [0.5, 0.6) is 0 Å². The van der Waals surface area contributed by atoms with Gasteiger partial charge in [-0.3, -0.25) is 9.69 Å². The number of carboxylic acids is 1. The highest BCUT2D eigenvalue weighted by atomic mass is 32.2. The Morgan fingerprint density at radius 1 is 1.58 bits per heavy atom. The number of rotatable bonds is 3. The van der Waals surface area contributed by atoms with Gasteiger partial charge in [0, 0.05) is 25.1 Å². The molecule has 98 valence electrons. The number of hydrogen-bond donors (Lipinski definition) is 0. The summed E-state index contributed by atoms with van der Waals surface area (Å²) in [5.41, 5.74) is 1.72. The fourth-order valence-corrected chi connectivity index (χ4v) is 2.84. The molecule has 7 heteroatoms. The van der Waals surface area contributed by atoms with E-state index in [1.807, 2.05) is 25.1 Å². The Kier molecular flexibility index (Phi) is 3.96. The van der Waals surface area contributed by atoms with Crippen molar-refractivity contribution in [2.75, 3.05) is 6.54 Å². The molecule has 1 aromatic heterocycles. The zero-order chi connectivity index (χ0) is 14.0. The van der Waals surface area contributed by atoms with Crippen LogP contribution < -0.4 is 10.1 Å². The number of carboxylic acid groups (broad SMARTS) is 1. The third kappa shape index (κ3) is 3.18. The van der Waals surface area contributed by atoms with Crippen molar-refractivity contribution in [2.45, 2.75) is 6.92 Å². The third-order valence-electron chi connectivity index (χ3n) is 2.41. The van der Waals surface area contributed by atoms with Crippen molar-refractivity contribution in [3.63, 3.8) is 0 Å². The van der Waals surface area contributed by atoms with Crippen molar-refractivity contribution in [3.8, 4) is 0 Å². The van der Waals surface area contributed by atoms with Crippen LogP contribution in [0.2, 0.25) is 0 Å². The van der Waals surface area contributed by atoms with Gasteiger partial charge < -0.3 is 9.90 Å². The van der Waals surface area contributed by atoms with E-state index >= 15 is 0 Å². The van der Waals surface area contributed by atoms with Crippen LogP contribution in [0.25, 0.3) is 6.08 Å². The van der Waals surface area contributed by atoms with Crippen molar-refractivity contribution in [3.05, 3.63) is 34.5 Å². The van der Waals surface area contributed by atoms with E-state index in [1.165, 1.54) is 0 Å². The zero-order valence-corrected chi connectivity index (χ0v) is 11.6. The van der Waals surface area contributed by atoms with E-state index in [4.69, 9.17) is 12.2 Å². The van der Waals surface area contributed by atoms with Gasteiger partial charge in [-0.25, -0.2) is 4.98 Å². The van der Waals surface area contributed by atoms with E-state index in [1.54, 1.807) is 6.08 Å². The quantitative estimate of drug-likeness (QED) is 0.568. The molecule has 1 aromatic rings. The Hall–Kier alpha value is -1.73. The molecule has 1 fully saturated rings.